The van der Waals surface area contributed by atoms with Crippen LogP contribution in [-0.2, 0) is 23.2 Å². The summed E-state index contributed by atoms with van der Waals surface area (Å²) in [6.07, 6.45) is 0.318. The number of anilines is 1. The van der Waals surface area contributed by atoms with Crippen LogP contribution < -0.4 is 16.0 Å². The van der Waals surface area contributed by atoms with Crippen molar-refractivity contribution in [3.8, 4) is 0 Å². The minimum Gasteiger partial charge on any atom is -0.349 e. The number of benzene rings is 2. The van der Waals surface area contributed by atoms with Crippen LogP contribution in [0.4, 0.5) is 5.69 Å². The second-order valence-corrected chi connectivity index (χ2v) is 6.95. The van der Waals surface area contributed by atoms with Crippen molar-refractivity contribution in [2.45, 2.75) is 25.4 Å². The highest BCUT2D eigenvalue weighted by atomic mass is 16.2. The van der Waals surface area contributed by atoms with Gasteiger partial charge < -0.3 is 20.5 Å². The Balaban J connectivity index is 1.34. The van der Waals surface area contributed by atoms with Crippen molar-refractivity contribution in [3.63, 3.8) is 0 Å². The zero-order chi connectivity index (χ0) is 20.4. The van der Waals surface area contributed by atoms with Crippen molar-refractivity contribution in [1.82, 2.24) is 20.2 Å². The van der Waals surface area contributed by atoms with Crippen LogP contribution in [0, 0.1) is 0 Å². The highest BCUT2D eigenvalue weighted by Crippen LogP contribution is 2.19. The molecule has 3 aromatic rings. The Labute approximate surface area is 167 Å². The number of carbonyl (C=O) groups is 3. The summed E-state index contributed by atoms with van der Waals surface area (Å²) >= 11 is 0. The van der Waals surface area contributed by atoms with Gasteiger partial charge in [0, 0.05) is 13.5 Å². The molecule has 8 heteroatoms. The Hall–Kier alpha value is -3.68. The summed E-state index contributed by atoms with van der Waals surface area (Å²) in [5.41, 5.74) is 2.75. The third-order valence-corrected chi connectivity index (χ3v) is 5.03. The number of fused-ring (bicyclic) bond motifs is 2. The summed E-state index contributed by atoms with van der Waals surface area (Å²) in [7, 11) is 1.90. The van der Waals surface area contributed by atoms with Crippen LogP contribution in [0.1, 0.15) is 29.0 Å². The number of para-hydroxylation sites is 3. The van der Waals surface area contributed by atoms with E-state index in [1.165, 1.54) is 0 Å². The molecule has 2 heterocycles. The number of nitrogens with zero attached hydrogens (tertiary/aromatic N) is 2. The Morgan fingerprint density at radius 2 is 1.90 bits per heavy atom. The summed E-state index contributed by atoms with van der Waals surface area (Å²) < 4.78 is 1.94. The van der Waals surface area contributed by atoms with Crippen molar-refractivity contribution < 1.29 is 14.4 Å². The Morgan fingerprint density at radius 3 is 2.72 bits per heavy atom. The van der Waals surface area contributed by atoms with E-state index in [1.807, 2.05) is 35.9 Å². The first-order valence-electron chi connectivity index (χ1n) is 9.40. The van der Waals surface area contributed by atoms with E-state index in [0.29, 0.717) is 17.8 Å². The van der Waals surface area contributed by atoms with Gasteiger partial charge in [0.15, 0.2) is 0 Å². The van der Waals surface area contributed by atoms with Gasteiger partial charge in [-0.05, 0) is 30.7 Å². The molecule has 3 N–H and O–H groups in total. The molecule has 148 valence electrons. The number of imidazole rings is 1. The number of aromatic nitrogens is 2. The lowest BCUT2D eigenvalue weighted by Gasteiger charge is -2.14. The van der Waals surface area contributed by atoms with Crippen molar-refractivity contribution in [2.24, 2.45) is 7.05 Å². The highest BCUT2D eigenvalue weighted by Gasteiger charge is 2.27. The smallest absolute Gasteiger partial charge is 0.254 e. The third kappa shape index (κ3) is 3.82. The van der Waals surface area contributed by atoms with Gasteiger partial charge in [0.05, 0.1) is 28.8 Å². The minimum atomic E-state index is -0.767. The molecule has 0 bridgehead atoms. The lowest BCUT2D eigenvalue weighted by atomic mass is 10.1. The van der Waals surface area contributed by atoms with Crippen LogP contribution in [0.3, 0.4) is 0 Å². The largest absolute Gasteiger partial charge is 0.349 e. The van der Waals surface area contributed by atoms with Crippen LogP contribution in [0.5, 0.6) is 0 Å². The number of amides is 3. The number of aryl methyl sites for hydroxylation is 1. The molecule has 1 aromatic heterocycles. The lowest BCUT2D eigenvalue weighted by Crippen LogP contribution is -2.42. The van der Waals surface area contributed by atoms with Crippen LogP contribution in [0.2, 0.25) is 0 Å². The van der Waals surface area contributed by atoms with E-state index >= 15 is 0 Å². The number of nitrogens with one attached hydrogen (secondary N) is 3. The van der Waals surface area contributed by atoms with E-state index in [9.17, 15) is 14.4 Å². The van der Waals surface area contributed by atoms with Gasteiger partial charge in [-0.1, -0.05) is 24.3 Å². The molecule has 3 amide bonds. The second kappa shape index (κ2) is 7.75. The van der Waals surface area contributed by atoms with Gasteiger partial charge in [0.25, 0.3) is 5.91 Å². The molecule has 1 aliphatic rings. The molecular formula is C21H21N5O3. The highest BCUT2D eigenvalue weighted by molar-refractivity contribution is 6.09. The number of hydrogen-bond donors (Lipinski definition) is 3. The Bertz CT molecular complexity index is 1100. The topological polar surface area (TPSA) is 105 Å². The molecule has 2 aromatic carbocycles. The zero-order valence-corrected chi connectivity index (χ0v) is 15.9. The first-order valence-corrected chi connectivity index (χ1v) is 9.40. The number of carbonyl (C=O) groups excluding carboxylic acids is 3. The second-order valence-electron chi connectivity index (χ2n) is 6.95. The molecule has 0 saturated heterocycles. The molecule has 29 heavy (non-hydrogen) atoms. The van der Waals surface area contributed by atoms with E-state index in [1.54, 1.807) is 24.3 Å². The fraction of sp³-hybridized carbons (Fsp3) is 0.238. The molecule has 1 aliphatic heterocycles. The Kier molecular flexibility index (Phi) is 4.99. The summed E-state index contributed by atoms with van der Waals surface area (Å²) in [5, 5.41) is 8.27. The van der Waals surface area contributed by atoms with Crippen LogP contribution in [0.15, 0.2) is 48.5 Å². The molecule has 1 atom stereocenters. The lowest BCUT2D eigenvalue weighted by molar-refractivity contribution is -0.122. The quantitative estimate of drug-likeness (QED) is 0.616. The average molecular weight is 391 g/mol. The van der Waals surface area contributed by atoms with E-state index < -0.39 is 6.04 Å². The van der Waals surface area contributed by atoms with Crippen molar-refractivity contribution in [1.29, 1.82) is 0 Å². The van der Waals surface area contributed by atoms with Crippen molar-refractivity contribution in [3.05, 3.63) is 59.9 Å². The first kappa shape index (κ1) is 18.7. The number of hydrogen-bond acceptors (Lipinski definition) is 4. The van der Waals surface area contributed by atoms with Gasteiger partial charge in [-0.3, -0.25) is 14.4 Å². The predicted molar refractivity (Wildman–Crippen MR) is 108 cm³/mol. The molecular weight excluding hydrogens is 370 g/mol. The van der Waals surface area contributed by atoms with Gasteiger partial charge in [0.1, 0.15) is 11.9 Å². The Morgan fingerprint density at radius 1 is 1.14 bits per heavy atom. The molecule has 0 unspecified atom stereocenters. The summed E-state index contributed by atoms with van der Waals surface area (Å²) in [6, 6.07) is 13.8. The monoisotopic (exact) mass is 391 g/mol. The summed E-state index contributed by atoms with van der Waals surface area (Å²) in [4.78, 5) is 41.5. The summed E-state index contributed by atoms with van der Waals surface area (Å²) in [6.45, 7) is 0.290. The van der Waals surface area contributed by atoms with Crippen LogP contribution >= 0.6 is 0 Å². The van der Waals surface area contributed by atoms with E-state index in [-0.39, 0.29) is 30.6 Å². The normalized spacial score (nSPS) is 16.0. The number of rotatable bonds is 5. The van der Waals surface area contributed by atoms with Gasteiger partial charge in [-0.2, -0.15) is 0 Å². The first-order chi connectivity index (χ1) is 14.0. The third-order valence-electron chi connectivity index (χ3n) is 5.03. The fourth-order valence-electron chi connectivity index (χ4n) is 3.41. The molecule has 0 saturated carbocycles. The van der Waals surface area contributed by atoms with E-state index in [0.717, 1.165) is 16.9 Å². The molecule has 0 aliphatic carbocycles. The summed E-state index contributed by atoms with van der Waals surface area (Å²) in [5.74, 6) is -0.119. The van der Waals surface area contributed by atoms with Gasteiger partial charge in [0.2, 0.25) is 11.8 Å². The van der Waals surface area contributed by atoms with E-state index in [4.69, 9.17) is 0 Å². The van der Waals surface area contributed by atoms with Gasteiger partial charge in [-0.15, -0.1) is 0 Å². The van der Waals surface area contributed by atoms with Crippen molar-refractivity contribution in [2.75, 3.05) is 5.32 Å². The SMILES string of the molecule is Cn1c(CNC(=O)CC[C@H]2NC(=O)c3ccccc3NC2=O)nc2ccccc21. The predicted octanol–water partition coefficient (Wildman–Crippen LogP) is 1.72. The van der Waals surface area contributed by atoms with E-state index in [2.05, 4.69) is 20.9 Å². The fourth-order valence-corrected chi connectivity index (χ4v) is 3.41. The average Bonchev–Trinajstić information content (AvgIpc) is 2.99. The van der Waals surface area contributed by atoms with Crippen molar-refractivity contribution >= 4 is 34.4 Å². The minimum absolute atomic E-state index is 0.110. The molecule has 4 rings (SSSR count). The standard InChI is InChI=1S/C21H21N5O3/c1-26-17-9-5-4-8-15(17)23-18(26)12-22-19(27)11-10-16-21(29)24-14-7-3-2-6-13(14)20(28)25-16/h2-9,16H,10-12H2,1H3,(H,22,27)(H,24,29)(H,25,28)/t16-/m1/s1. The van der Waals surface area contributed by atoms with Gasteiger partial charge >= 0.3 is 0 Å². The maximum absolute atomic E-state index is 12.4. The van der Waals surface area contributed by atoms with Crippen LogP contribution in [0.25, 0.3) is 11.0 Å². The molecule has 0 radical (unpaired) electrons. The molecule has 0 spiro atoms. The maximum atomic E-state index is 12.4. The molecule has 0 fully saturated rings. The maximum Gasteiger partial charge on any atom is 0.254 e. The van der Waals surface area contributed by atoms with Crippen LogP contribution in [-0.4, -0.2) is 33.3 Å². The zero-order valence-electron chi connectivity index (χ0n) is 15.9. The molecule has 8 nitrogen and oxygen atoms in total. The van der Waals surface area contributed by atoms with Gasteiger partial charge in [-0.25, -0.2) is 4.98 Å².